The Labute approximate surface area is 99.5 Å². The molecule has 2 saturated heterocycles. The fourth-order valence-corrected chi connectivity index (χ4v) is 2.81. The van der Waals surface area contributed by atoms with Gasteiger partial charge in [-0.2, -0.15) is 0 Å². The largest absolute Gasteiger partial charge is 0.381 e. The highest BCUT2D eigenvalue weighted by atomic mass is 16.5. The Morgan fingerprint density at radius 3 is 2.88 bits per heavy atom. The summed E-state index contributed by atoms with van der Waals surface area (Å²) in [7, 11) is 0. The van der Waals surface area contributed by atoms with Gasteiger partial charge in [0.25, 0.3) is 0 Å². The van der Waals surface area contributed by atoms with E-state index in [2.05, 4.69) is 17.1 Å². The Kier molecular flexibility index (Phi) is 5.07. The van der Waals surface area contributed by atoms with Crippen LogP contribution in [0.15, 0.2) is 0 Å². The average molecular weight is 226 g/mol. The fraction of sp³-hybridized carbons (Fsp3) is 1.00. The second-order valence-electron chi connectivity index (χ2n) is 5.23. The molecule has 1 unspecified atom stereocenters. The summed E-state index contributed by atoms with van der Waals surface area (Å²) < 4.78 is 5.42. The molecule has 94 valence electrons. The number of nitrogens with zero attached hydrogens (tertiary/aromatic N) is 1. The second kappa shape index (κ2) is 6.58. The summed E-state index contributed by atoms with van der Waals surface area (Å²) in [6.07, 6.45) is 5.09. The van der Waals surface area contributed by atoms with Gasteiger partial charge in [0.2, 0.25) is 0 Å². The molecule has 3 heteroatoms. The van der Waals surface area contributed by atoms with Crippen LogP contribution in [0.2, 0.25) is 0 Å². The first kappa shape index (κ1) is 12.3. The Bertz CT molecular complexity index is 192. The molecule has 0 bridgehead atoms. The van der Waals surface area contributed by atoms with Crippen molar-refractivity contribution in [1.82, 2.24) is 10.2 Å². The summed E-state index contributed by atoms with van der Waals surface area (Å²) in [4.78, 5) is 2.67. The molecular weight excluding hydrogens is 200 g/mol. The van der Waals surface area contributed by atoms with E-state index in [0.717, 1.165) is 19.1 Å². The van der Waals surface area contributed by atoms with Gasteiger partial charge in [-0.3, -0.25) is 0 Å². The van der Waals surface area contributed by atoms with Gasteiger partial charge in [0.05, 0.1) is 0 Å². The molecule has 0 radical (unpaired) electrons. The molecule has 0 aliphatic carbocycles. The topological polar surface area (TPSA) is 24.5 Å². The van der Waals surface area contributed by atoms with Gasteiger partial charge in [0, 0.05) is 32.3 Å². The van der Waals surface area contributed by atoms with Crippen molar-refractivity contribution in [3.63, 3.8) is 0 Å². The van der Waals surface area contributed by atoms with E-state index in [0.29, 0.717) is 6.04 Å². The van der Waals surface area contributed by atoms with Crippen LogP contribution in [0, 0.1) is 5.92 Å². The molecule has 0 spiro atoms. The van der Waals surface area contributed by atoms with Crippen LogP contribution in [0.3, 0.4) is 0 Å². The lowest BCUT2D eigenvalue weighted by Crippen LogP contribution is -2.40. The first-order valence-corrected chi connectivity index (χ1v) is 6.92. The van der Waals surface area contributed by atoms with Crippen LogP contribution in [0.5, 0.6) is 0 Å². The summed E-state index contributed by atoms with van der Waals surface area (Å²) in [5, 5.41) is 3.63. The molecular formula is C13H26N2O. The summed E-state index contributed by atoms with van der Waals surface area (Å²) in [5.41, 5.74) is 0. The van der Waals surface area contributed by atoms with Crippen molar-refractivity contribution in [3.8, 4) is 0 Å². The van der Waals surface area contributed by atoms with Crippen molar-refractivity contribution in [2.24, 2.45) is 5.92 Å². The van der Waals surface area contributed by atoms with Crippen LogP contribution in [0.4, 0.5) is 0 Å². The molecule has 1 atom stereocenters. The van der Waals surface area contributed by atoms with Crippen LogP contribution in [0.1, 0.15) is 32.6 Å². The monoisotopic (exact) mass is 226 g/mol. The zero-order valence-electron chi connectivity index (χ0n) is 10.6. The van der Waals surface area contributed by atoms with Crippen molar-refractivity contribution >= 4 is 0 Å². The first-order chi connectivity index (χ1) is 7.88. The molecule has 0 aromatic carbocycles. The van der Waals surface area contributed by atoms with Gasteiger partial charge in [-0.25, -0.2) is 0 Å². The minimum atomic E-state index is 0.711. The first-order valence-electron chi connectivity index (χ1n) is 6.92. The van der Waals surface area contributed by atoms with E-state index in [-0.39, 0.29) is 0 Å². The molecule has 2 fully saturated rings. The smallest absolute Gasteiger partial charge is 0.0469 e. The van der Waals surface area contributed by atoms with Crippen molar-refractivity contribution in [1.29, 1.82) is 0 Å². The summed E-state index contributed by atoms with van der Waals surface area (Å²) >= 11 is 0. The minimum Gasteiger partial charge on any atom is -0.381 e. The van der Waals surface area contributed by atoms with E-state index in [1.807, 2.05) is 0 Å². The molecule has 3 nitrogen and oxygen atoms in total. The normalized spacial score (nSPS) is 30.2. The maximum absolute atomic E-state index is 5.42. The number of hydrogen-bond donors (Lipinski definition) is 1. The number of ether oxygens (including phenoxy) is 1. The predicted molar refractivity (Wildman–Crippen MR) is 66.7 cm³/mol. The van der Waals surface area contributed by atoms with Gasteiger partial charge in [-0.1, -0.05) is 6.92 Å². The molecule has 0 saturated carbocycles. The number of hydrogen-bond acceptors (Lipinski definition) is 3. The van der Waals surface area contributed by atoms with Gasteiger partial charge in [0.1, 0.15) is 0 Å². The molecule has 2 rings (SSSR count). The lowest BCUT2D eigenvalue weighted by Gasteiger charge is -2.30. The predicted octanol–water partition coefficient (Wildman–Crippen LogP) is 1.49. The fourth-order valence-electron chi connectivity index (χ4n) is 2.81. The zero-order chi connectivity index (χ0) is 11.2. The number of rotatable bonds is 3. The molecule has 16 heavy (non-hydrogen) atoms. The van der Waals surface area contributed by atoms with Gasteiger partial charge >= 0.3 is 0 Å². The van der Waals surface area contributed by atoms with E-state index >= 15 is 0 Å². The zero-order valence-corrected chi connectivity index (χ0v) is 10.6. The third kappa shape index (κ3) is 3.72. The van der Waals surface area contributed by atoms with Crippen LogP contribution in [0.25, 0.3) is 0 Å². The molecule has 0 amide bonds. The molecule has 2 aliphatic rings. The quantitative estimate of drug-likeness (QED) is 0.789. The van der Waals surface area contributed by atoms with E-state index in [9.17, 15) is 0 Å². The van der Waals surface area contributed by atoms with Crippen molar-refractivity contribution in [3.05, 3.63) is 0 Å². The van der Waals surface area contributed by atoms with Crippen molar-refractivity contribution in [2.75, 3.05) is 39.4 Å². The molecule has 1 N–H and O–H groups in total. The Balaban J connectivity index is 1.77. The van der Waals surface area contributed by atoms with Gasteiger partial charge in [-0.15, -0.1) is 0 Å². The maximum Gasteiger partial charge on any atom is 0.0469 e. The number of nitrogens with one attached hydrogen (secondary N) is 1. The van der Waals surface area contributed by atoms with E-state index < -0.39 is 0 Å². The minimum absolute atomic E-state index is 0.711. The Hall–Kier alpha value is -0.120. The van der Waals surface area contributed by atoms with Crippen LogP contribution in [-0.4, -0.2) is 50.3 Å². The Morgan fingerprint density at radius 2 is 2.12 bits per heavy atom. The Morgan fingerprint density at radius 1 is 1.31 bits per heavy atom. The summed E-state index contributed by atoms with van der Waals surface area (Å²) in [6, 6.07) is 0.711. The molecule has 2 heterocycles. The molecule has 2 aliphatic heterocycles. The molecule has 0 aromatic heterocycles. The van der Waals surface area contributed by atoms with Crippen LogP contribution < -0.4 is 5.32 Å². The maximum atomic E-state index is 5.42. The van der Waals surface area contributed by atoms with Crippen molar-refractivity contribution < 1.29 is 4.74 Å². The van der Waals surface area contributed by atoms with Crippen LogP contribution in [-0.2, 0) is 4.74 Å². The lowest BCUT2D eigenvalue weighted by molar-refractivity contribution is 0.0522. The highest BCUT2D eigenvalue weighted by Gasteiger charge is 2.21. The lowest BCUT2D eigenvalue weighted by atomic mass is 9.99. The average Bonchev–Trinajstić information content (AvgIpc) is 2.55. The summed E-state index contributed by atoms with van der Waals surface area (Å²) in [6.45, 7) is 9.26. The highest BCUT2D eigenvalue weighted by molar-refractivity contribution is 4.77. The van der Waals surface area contributed by atoms with Gasteiger partial charge < -0.3 is 15.0 Å². The third-order valence-corrected chi connectivity index (χ3v) is 3.91. The highest BCUT2D eigenvalue weighted by Crippen LogP contribution is 2.17. The van der Waals surface area contributed by atoms with E-state index in [1.54, 1.807) is 0 Å². The van der Waals surface area contributed by atoms with Crippen molar-refractivity contribution in [2.45, 2.75) is 38.6 Å². The SMILES string of the molecule is CCC1CN(CC2CCOCC2)CCCN1. The van der Waals surface area contributed by atoms with E-state index in [1.165, 1.54) is 51.9 Å². The third-order valence-electron chi connectivity index (χ3n) is 3.91. The second-order valence-corrected chi connectivity index (χ2v) is 5.23. The molecule has 0 aromatic rings. The van der Waals surface area contributed by atoms with Gasteiger partial charge in [-0.05, 0) is 44.7 Å². The summed E-state index contributed by atoms with van der Waals surface area (Å²) in [5.74, 6) is 0.879. The van der Waals surface area contributed by atoms with Gasteiger partial charge in [0.15, 0.2) is 0 Å². The standard InChI is InChI=1S/C13H26N2O/c1-2-13-11-15(7-3-6-14-13)10-12-4-8-16-9-5-12/h12-14H,2-11H2,1H3. The van der Waals surface area contributed by atoms with Crippen LogP contribution >= 0.6 is 0 Å². The van der Waals surface area contributed by atoms with E-state index in [4.69, 9.17) is 4.74 Å².